The topological polar surface area (TPSA) is 83.7 Å². The first-order chi connectivity index (χ1) is 18.1. The van der Waals surface area contributed by atoms with Crippen molar-refractivity contribution < 1.29 is 19.1 Å². The predicted molar refractivity (Wildman–Crippen MR) is 144 cm³/mol. The van der Waals surface area contributed by atoms with Gasteiger partial charge >= 0.3 is 5.97 Å². The second-order valence-electron chi connectivity index (χ2n) is 8.94. The number of hydrogen-bond acceptors (Lipinski definition) is 5. The Hall–Kier alpha value is -4.10. The standard InChI is InChI=1S/C30H33N3O4/c1-36-24-14-12-23(13-15-24)26(27-19-31-28-11-7-6-10-25(27)28)18-32-29(34)21-33(17-16-30(35)37-2)20-22-8-4-3-5-9-22/h3-15,19,26,31H,16-18,20-21H2,1-2H3,(H,32,34). The molecule has 0 aliphatic carbocycles. The lowest BCUT2D eigenvalue weighted by Gasteiger charge is -2.23. The van der Waals surface area contributed by atoms with Gasteiger partial charge in [-0.25, -0.2) is 0 Å². The van der Waals surface area contributed by atoms with Crippen LogP contribution in [0, 0.1) is 0 Å². The van der Waals surface area contributed by atoms with Crippen LogP contribution in [0.3, 0.4) is 0 Å². The number of carbonyl (C=O) groups is 2. The van der Waals surface area contributed by atoms with Crippen molar-refractivity contribution in [1.82, 2.24) is 15.2 Å². The molecule has 0 saturated heterocycles. The van der Waals surface area contributed by atoms with Crippen molar-refractivity contribution in [2.45, 2.75) is 18.9 Å². The normalized spacial score (nSPS) is 11.9. The summed E-state index contributed by atoms with van der Waals surface area (Å²) in [6.45, 7) is 1.60. The number of methoxy groups -OCH3 is 2. The van der Waals surface area contributed by atoms with Crippen molar-refractivity contribution in [3.05, 3.63) is 102 Å². The van der Waals surface area contributed by atoms with Gasteiger partial charge in [0.15, 0.2) is 0 Å². The van der Waals surface area contributed by atoms with Crippen molar-refractivity contribution in [1.29, 1.82) is 0 Å². The number of aromatic amines is 1. The molecule has 7 nitrogen and oxygen atoms in total. The van der Waals surface area contributed by atoms with Gasteiger partial charge in [-0.2, -0.15) is 0 Å². The number of carbonyl (C=O) groups excluding carboxylic acids is 2. The van der Waals surface area contributed by atoms with Crippen LogP contribution >= 0.6 is 0 Å². The van der Waals surface area contributed by atoms with E-state index in [-0.39, 0.29) is 30.8 Å². The first kappa shape index (κ1) is 26.0. The SMILES string of the molecule is COC(=O)CCN(CC(=O)NCC(c1ccc(OC)cc1)c1c[nH]c2ccccc12)Cc1ccccc1. The molecule has 1 atom stereocenters. The molecule has 3 aromatic carbocycles. The summed E-state index contributed by atoms with van der Waals surface area (Å²) in [5, 5.41) is 4.27. The molecule has 0 saturated carbocycles. The monoisotopic (exact) mass is 499 g/mol. The first-order valence-corrected chi connectivity index (χ1v) is 12.4. The average molecular weight is 500 g/mol. The zero-order valence-electron chi connectivity index (χ0n) is 21.3. The average Bonchev–Trinajstić information content (AvgIpc) is 3.36. The number of para-hydroxylation sites is 1. The molecule has 0 aliphatic rings. The van der Waals surface area contributed by atoms with Crippen molar-refractivity contribution in [2.24, 2.45) is 0 Å². The molecule has 192 valence electrons. The van der Waals surface area contributed by atoms with Crippen LogP contribution in [0.25, 0.3) is 10.9 Å². The van der Waals surface area contributed by atoms with Gasteiger partial charge in [0.1, 0.15) is 5.75 Å². The minimum atomic E-state index is -0.294. The third kappa shape index (κ3) is 6.98. The molecule has 37 heavy (non-hydrogen) atoms. The van der Waals surface area contributed by atoms with Crippen molar-refractivity contribution in [3.8, 4) is 5.75 Å². The maximum atomic E-state index is 13.1. The van der Waals surface area contributed by atoms with Crippen LogP contribution in [0.1, 0.15) is 29.0 Å². The molecule has 4 aromatic rings. The number of hydrogen-bond donors (Lipinski definition) is 2. The smallest absolute Gasteiger partial charge is 0.306 e. The summed E-state index contributed by atoms with van der Waals surface area (Å²) in [7, 11) is 3.02. The number of nitrogens with zero attached hydrogens (tertiary/aromatic N) is 1. The van der Waals surface area contributed by atoms with Gasteiger partial charge in [0.05, 0.1) is 27.2 Å². The van der Waals surface area contributed by atoms with E-state index in [2.05, 4.69) is 16.4 Å². The molecule has 2 N–H and O–H groups in total. The van der Waals surface area contributed by atoms with E-state index in [0.717, 1.165) is 33.3 Å². The minimum absolute atomic E-state index is 0.0522. The number of H-pyrrole nitrogens is 1. The number of ether oxygens (including phenoxy) is 2. The molecule has 0 spiro atoms. The Morgan fingerprint density at radius 1 is 0.946 bits per heavy atom. The number of rotatable bonds is 12. The maximum Gasteiger partial charge on any atom is 0.306 e. The van der Waals surface area contributed by atoms with Gasteiger partial charge in [0.25, 0.3) is 0 Å². The van der Waals surface area contributed by atoms with Crippen LogP contribution in [-0.2, 0) is 20.9 Å². The third-order valence-electron chi connectivity index (χ3n) is 6.49. The fourth-order valence-electron chi connectivity index (χ4n) is 4.51. The van der Waals surface area contributed by atoms with Crippen LogP contribution < -0.4 is 10.1 Å². The second kappa shape index (κ2) is 12.7. The van der Waals surface area contributed by atoms with E-state index in [4.69, 9.17) is 9.47 Å². The fourth-order valence-corrected chi connectivity index (χ4v) is 4.51. The lowest BCUT2D eigenvalue weighted by atomic mass is 9.90. The summed E-state index contributed by atoms with van der Waals surface area (Å²) in [5.41, 5.74) is 4.33. The number of fused-ring (bicyclic) bond motifs is 1. The van der Waals surface area contributed by atoms with E-state index in [1.165, 1.54) is 7.11 Å². The van der Waals surface area contributed by atoms with E-state index >= 15 is 0 Å². The molecule has 4 rings (SSSR count). The molecular formula is C30H33N3O4. The van der Waals surface area contributed by atoms with E-state index < -0.39 is 0 Å². The summed E-state index contributed by atoms with van der Waals surface area (Å²) in [5.74, 6) is 0.341. The van der Waals surface area contributed by atoms with Gasteiger partial charge in [-0.15, -0.1) is 0 Å². The summed E-state index contributed by atoms with van der Waals surface area (Å²) in [4.78, 5) is 30.2. The largest absolute Gasteiger partial charge is 0.497 e. The second-order valence-corrected chi connectivity index (χ2v) is 8.94. The van der Waals surface area contributed by atoms with Gasteiger partial charge in [0, 0.05) is 42.7 Å². The molecule has 1 unspecified atom stereocenters. The fraction of sp³-hybridized carbons (Fsp3) is 0.267. The van der Waals surface area contributed by atoms with Gasteiger partial charge in [0.2, 0.25) is 5.91 Å². The molecule has 0 aliphatic heterocycles. The predicted octanol–water partition coefficient (Wildman–Crippen LogP) is 4.49. The van der Waals surface area contributed by atoms with Crippen LogP contribution in [0.15, 0.2) is 85.1 Å². The molecule has 0 radical (unpaired) electrons. The van der Waals surface area contributed by atoms with E-state index in [0.29, 0.717) is 19.6 Å². The van der Waals surface area contributed by atoms with Crippen LogP contribution in [-0.4, -0.2) is 55.6 Å². The minimum Gasteiger partial charge on any atom is -0.497 e. The van der Waals surface area contributed by atoms with Crippen molar-refractivity contribution in [2.75, 3.05) is 33.9 Å². The van der Waals surface area contributed by atoms with E-state index in [1.807, 2.05) is 83.9 Å². The number of amides is 1. The van der Waals surface area contributed by atoms with Gasteiger partial charge in [-0.3, -0.25) is 14.5 Å². The number of esters is 1. The molecule has 1 amide bonds. The molecule has 1 aromatic heterocycles. The molecule has 0 bridgehead atoms. The summed E-state index contributed by atoms with van der Waals surface area (Å²) in [6, 6.07) is 26.0. The van der Waals surface area contributed by atoms with E-state index in [1.54, 1.807) is 7.11 Å². The molecular weight excluding hydrogens is 466 g/mol. The lowest BCUT2D eigenvalue weighted by Crippen LogP contribution is -2.39. The lowest BCUT2D eigenvalue weighted by molar-refractivity contribution is -0.141. The number of nitrogens with one attached hydrogen (secondary N) is 2. The molecule has 7 heteroatoms. The Balaban J connectivity index is 1.49. The Morgan fingerprint density at radius 2 is 1.68 bits per heavy atom. The first-order valence-electron chi connectivity index (χ1n) is 12.4. The quantitative estimate of drug-likeness (QED) is 0.281. The van der Waals surface area contributed by atoms with Crippen LogP contribution in [0.4, 0.5) is 0 Å². The Bertz CT molecular complexity index is 1300. The highest BCUT2D eigenvalue weighted by atomic mass is 16.5. The molecule has 0 fully saturated rings. The van der Waals surface area contributed by atoms with Crippen molar-refractivity contribution in [3.63, 3.8) is 0 Å². The van der Waals surface area contributed by atoms with Gasteiger partial charge in [-0.1, -0.05) is 60.7 Å². The molecule has 1 heterocycles. The zero-order valence-corrected chi connectivity index (χ0v) is 21.3. The Labute approximate surface area is 217 Å². The van der Waals surface area contributed by atoms with Gasteiger partial charge in [-0.05, 0) is 34.9 Å². The number of benzene rings is 3. The summed E-state index contributed by atoms with van der Waals surface area (Å²) >= 11 is 0. The highest BCUT2D eigenvalue weighted by Crippen LogP contribution is 2.31. The summed E-state index contributed by atoms with van der Waals surface area (Å²) < 4.78 is 10.1. The zero-order chi connectivity index (χ0) is 26.0. The Kier molecular flexibility index (Phi) is 8.94. The Morgan fingerprint density at radius 3 is 2.41 bits per heavy atom. The van der Waals surface area contributed by atoms with E-state index in [9.17, 15) is 9.59 Å². The summed E-state index contributed by atoms with van der Waals surface area (Å²) in [6.07, 6.45) is 2.24. The highest BCUT2D eigenvalue weighted by molar-refractivity contribution is 5.84. The van der Waals surface area contributed by atoms with Gasteiger partial charge < -0.3 is 19.8 Å². The van der Waals surface area contributed by atoms with Crippen molar-refractivity contribution >= 4 is 22.8 Å². The third-order valence-corrected chi connectivity index (χ3v) is 6.49. The number of aromatic nitrogens is 1. The highest BCUT2D eigenvalue weighted by Gasteiger charge is 2.20. The van der Waals surface area contributed by atoms with Crippen LogP contribution in [0.2, 0.25) is 0 Å². The van der Waals surface area contributed by atoms with Crippen LogP contribution in [0.5, 0.6) is 5.75 Å². The maximum absolute atomic E-state index is 13.1.